The van der Waals surface area contributed by atoms with E-state index in [4.69, 9.17) is 42.6 Å². The van der Waals surface area contributed by atoms with E-state index < -0.39 is 192 Å². The molecule has 5 fully saturated rings. The van der Waals surface area contributed by atoms with Crippen molar-refractivity contribution in [3.63, 3.8) is 0 Å². The average molecular weight is 870 g/mol. The first kappa shape index (κ1) is 48.5. The van der Waals surface area contributed by atoms with E-state index in [0.29, 0.717) is 0 Å². The van der Waals surface area contributed by atoms with Crippen molar-refractivity contribution < 1.29 is 129 Å². The number of aliphatic hydroxyl groups is 16. The number of ether oxygens (including phenoxy) is 9. The number of hydrogen-bond donors (Lipinski definition) is 17. The molecule has 344 valence electrons. The first-order chi connectivity index (χ1) is 27.9. The number of aliphatic hydroxyl groups excluding tert-OH is 16. The molecule has 0 aromatic carbocycles. The zero-order valence-corrected chi connectivity index (χ0v) is 31.2. The van der Waals surface area contributed by atoms with Crippen LogP contribution in [0.3, 0.4) is 0 Å². The molecule has 5 rings (SSSR count). The van der Waals surface area contributed by atoms with Gasteiger partial charge in [-0.2, -0.15) is 0 Å². The van der Waals surface area contributed by atoms with Gasteiger partial charge in [0.15, 0.2) is 31.5 Å². The topological polar surface area (TPSA) is 436 Å². The van der Waals surface area contributed by atoms with E-state index >= 15 is 0 Å². The number of rotatable bonds is 14. The van der Waals surface area contributed by atoms with Crippen molar-refractivity contribution in [2.45, 2.75) is 160 Å². The molecule has 17 N–H and O–H groups in total. The molecule has 5 aliphatic rings. The van der Waals surface area contributed by atoms with Gasteiger partial charge in [0.05, 0.1) is 33.0 Å². The summed E-state index contributed by atoms with van der Waals surface area (Å²) in [6, 6.07) is -1.72. The monoisotopic (exact) mass is 869 g/mol. The van der Waals surface area contributed by atoms with E-state index in [1.807, 2.05) is 0 Å². The fourth-order valence-electron chi connectivity index (χ4n) is 7.43. The van der Waals surface area contributed by atoms with E-state index in [1.165, 1.54) is 0 Å². The summed E-state index contributed by atoms with van der Waals surface area (Å²) in [5, 5.41) is 169. The highest BCUT2D eigenvalue weighted by Gasteiger charge is 2.57. The third-order valence-electron chi connectivity index (χ3n) is 10.7. The lowest BCUT2D eigenvalue weighted by molar-refractivity contribution is -0.386. The lowest BCUT2D eigenvalue weighted by atomic mass is 9.94. The van der Waals surface area contributed by atoms with Gasteiger partial charge in [0.25, 0.3) is 0 Å². The van der Waals surface area contributed by atoms with Crippen molar-refractivity contribution in [3.05, 3.63) is 0 Å². The molecule has 1 amide bonds. The average Bonchev–Trinajstić information content (AvgIpc) is 3.21. The Morgan fingerprint density at radius 1 is 0.407 bits per heavy atom. The van der Waals surface area contributed by atoms with E-state index in [1.54, 1.807) is 0 Å². The molecule has 5 saturated heterocycles. The molecule has 59 heavy (non-hydrogen) atoms. The van der Waals surface area contributed by atoms with Crippen LogP contribution in [0.1, 0.15) is 6.92 Å². The van der Waals surface area contributed by atoms with Crippen molar-refractivity contribution in [1.29, 1.82) is 0 Å². The second kappa shape index (κ2) is 20.8. The van der Waals surface area contributed by atoms with Gasteiger partial charge in [-0.15, -0.1) is 0 Å². The van der Waals surface area contributed by atoms with E-state index in [9.17, 15) is 86.5 Å². The molecule has 0 aliphatic carbocycles. The van der Waals surface area contributed by atoms with E-state index in [-0.39, 0.29) is 0 Å². The molecule has 0 spiro atoms. The maximum Gasteiger partial charge on any atom is 0.217 e. The number of hydrogen-bond acceptors (Lipinski definition) is 26. The Morgan fingerprint density at radius 3 is 1.24 bits per heavy atom. The Bertz CT molecular complexity index is 1320. The Morgan fingerprint density at radius 2 is 0.780 bits per heavy atom. The first-order valence-electron chi connectivity index (χ1n) is 18.6. The third-order valence-corrected chi connectivity index (χ3v) is 10.7. The summed E-state index contributed by atoms with van der Waals surface area (Å²) >= 11 is 0. The summed E-state index contributed by atoms with van der Waals surface area (Å²) in [6.07, 6.45) is -44.3. The van der Waals surface area contributed by atoms with Gasteiger partial charge in [0.1, 0.15) is 122 Å². The molecule has 5 heterocycles. The predicted molar refractivity (Wildman–Crippen MR) is 178 cm³/mol. The second-order valence-electron chi connectivity index (χ2n) is 14.7. The van der Waals surface area contributed by atoms with Crippen LogP contribution in [0, 0.1) is 0 Å². The number of carbonyl (C=O) groups is 1. The quantitative estimate of drug-likeness (QED) is 0.0770. The molecule has 0 radical (unpaired) electrons. The van der Waals surface area contributed by atoms with Crippen molar-refractivity contribution in [1.82, 2.24) is 5.32 Å². The summed E-state index contributed by atoms with van der Waals surface area (Å²) in [6.45, 7) is -3.57. The Kier molecular flexibility index (Phi) is 17.1. The molecule has 25 atom stereocenters. The Balaban J connectivity index is 1.35. The highest BCUT2D eigenvalue weighted by molar-refractivity contribution is 5.73. The van der Waals surface area contributed by atoms with Crippen LogP contribution in [-0.4, -0.2) is 274 Å². The molecular formula is C32H55NO26. The van der Waals surface area contributed by atoms with Crippen LogP contribution in [0.25, 0.3) is 0 Å². The summed E-state index contributed by atoms with van der Waals surface area (Å²) in [5.41, 5.74) is 0. The molecule has 5 aliphatic heterocycles. The Hall–Kier alpha value is -1.53. The largest absolute Gasteiger partial charge is 0.394 e. The lowest BCUT2D eigenvalue weighted by Gasteiger charge is -2.50. The minimum Gasteiger partial charge on any atom is -0.394 e. The SMILES string of the molecule is CC(=O)N[C@H]1[C@H](O[C@H]2[C@@H](O)[C@@H](CO)O[C@@H](O[C@H]3[C@H](O)[C@@H](O)[C@@H](O)O[C@@H]3CO)[C@@H]2O)O[C@H](CO)[C@@H](O[C@@H]2O[C@H](CO)[C@H](O)[C@H](O[C@@H]3O[C@H](CO)[C@@H](O)[C@H](O)[C@H]3O)[C@H]2O)[C@@H]1O. The van der Waals surface area contributed by atoms with Gasteiger partial charge in [-0.25, -0.2) is 0 Å². The summed E-state index contributed by atoms with van der Waals surface area (Å²) in [7, 11) is 0. The molecule has 0 aromatic rings. The van der Waals surface area contributed by atoms with Crippen LogP contribution < -0.4 is 5.32 Å². The van der Waals surface area contributed by atoms with Crippen LogP contribution in [0.5, 0.6) is 0 Å². The van der Waals surface area contributed by atoms with Crippen LogP contribution >= 0.6 is 0 Å². The minimum absolute atomic E-state index is 0.817. The van der Waals surface area contributed by atoms with E-state index in [0.717, 1.165) is 6.92 Å². The lowest BCUT2D eigenvalue weighted by Crippen LogP contribution is -2.70. The maximum atomic E-state index is 12.4. The summed E-state index contributed by atoms with van der Waals surface area (Å²) < 4.78 is 50.0. The van der Waals surface area contributed by atoms with Crippen molar-refractivity contribution in [2.24, 2.45) is 0 Å². The van der Waals surface area contributed by atoms with Gasteiger partial charge in [-0.3, -0.25) is 4.79 Å². The number of nitrogens with one attached hydrogen (secondary N) is 1. The van der Waals surface area contributed by atoms with Crippen LogP contribution in [0.2, 0.25) is 0 Å². The van der Waals surface area contributed by atoms with Gasteiger partial charge in [-0.05, 0) is 0 Å². The Labute approximate surface area is 333 Å². The highest BCUT2D eigenvalue weighted by Crippen LogP contribution is 2.35. The molecule has 27 nitrogen and oxygen atoms in total. The highest BCUT2D eigenvalue weighted by atomic mass is 16.8. The van der Waals surface area contributed by atoms with Crippen LogP contribution in [-0.2, 0) is 47.4 Å². The van der Waals surface area contributed by atoms with Crippen LogP contribution in [0.4, 0.5) is 0 Å². The fourth-order valence-corrected chi connectivity index (χ4v) is 7.43. The normalized spacial score (nSPS) is 51.0. The summed E-state index contributed by atoms with van der Waals surface area (Å²) in [4.78, 5) is 12.4. The molecule has 0 aromatic heterocycles. The fraction of sp³-hybridized carbons (Fsp3) is 0.969. The van der Waals surface area contributed by atoms with Crippen molar-refractivity contribution >= 4 is 5.91 Å². The van der Waals surface area contributed by atoms with Gasteiger partial charge in [0.2, 0.25) is 5.91 Å². The van der Waals surface area contributed by atoms with Gasteiger partial charge in [-0.1, -0.05) is 0 Å². The second-order valence-corrected chi connectivity index (χ2v) is 14.7. The first-order valence-corrected chi connectivity index (χ1v) is 18.6. The molecule has 0 saturated carbocycles. The van der Waals surface area contributed by atoms with Crippen molar-refractivity contribution in [2.75, 3.05) is 33.0 Å². The zero-order chi connectivity index (χ0) is 43.6. The standard InChI is InChI=1S/C32H55NO26/c1-7(39)33-13-17(43)24(56-31-23(49)27(16(42)10(4-36)53-31)59-30-21(47)18(44)14(40)8(2-34)52-30)12(6-38)55-29(13)58-26-15(41)9(3-35)54-32(22(26)48)57-25-11(5-37)51-28(50)20(46)19(25)45/h8-32,34-38,40-50H,2-6H2,1H3,(H,33,39)/t8-,9-,10-,11-,12-,13-,14-,15+,16+,17-,18+,19-,20-,21-,22-,23-,24-,25-,26+,27+,28+,29+,30+,31+,32+/m1/s1. The van der Waals surface area contributed by atoms with Gasteiger partial charge < -0.3 is 130 Å². The van der Waals surface area contributed by atoms with E-state index in [2.05, 4.69) is 5.32 Å². The van der Waals surface area contributed by atoms with Crippen molar-refractivity contribution in [3.8, 4) is 0 Å². The maximum absolute atomic E-state index is 12.4. The molecule has 0 unspecified atom stereocenters. The summed E-state index contributed by atoms with van der Waals surface area (Å²) in [5.74, 6) is -0.817. The molecule has 0 bridgehead atoms. The predicted octanol–water partition coefficient (Wildman–Crippen LogP) is -11.8. The van der Waals surface area contributed by atoms with Gasteiger partial charge in [0, 0.05) is 6.92 Å². The smallest absolute Gasteiger partial charge is 0.217 e. The third kappa shape index (κ3) is 10.2. The number of amides is 1. The molecule has 27 heteroatoms. The number of carbonyl (C=O) groups excluding carboxylic acids is 1. The minimum atomic E-state index is -2.09. The van der Waals surface area contributed by atoms with Gasteiger partial charge >= 0.3 is 0 Å². The van der Waals surface area contributed by atoms with Crippen LogP contribution in [0.15, 0.2) is 0 Å². The zero-order valence-electron chi connectivity index (χ0n) is 31.2. The molecular weight excluding hydrogens is 814 g/mol.